The van der Waals surface area contributed by atoms with Crippen LogP contribution in [0.2, 0.25) is 0 Å². The minimum Gasteiger partial charge on any atom is -0.314 e. The van der Waals surface area contributed by atoms with Crippen LogP contribution in [0.15, 0.2) is 0 Å². The van der Waals surface area contributed by atoms with Crippen molar-refractivity contribution in [3.8, 4) is 6.07 Å². The Kier molecular flexibility index (Phi) is 3.74. The highest BCUT2D eigenvalue weighted by atomic mass is 14.9. The second-order valence-corrected chi connectivity index (χ2v) is 4.68. The van der Waals surface area contributed by atoms with Crippen molar-refractivity contribution < 1.29 is 0 Å². The zero-order chi connectivity index (χ0) is 9.73. The average Bonchev–Trinajstić information content (AvgIpc) is 2.87. The Balaban J connectivity index is 1.91. The first-order chi connectivity index (χ1) is 6.14. The average molecular weight is 180 g/mol. The molecule has 13 heavy (non-hydrogen) atoms. The molecule has 0 unspecified atom stereocenters. The molecule has 0 aromatic heterocycles. The first kappa shape index (κ1) is 10.5. The highest BCUT2D eigenvalue weighted by Crippen LogP contribution is 2.22. The molecule has 1 aliphatic rings. The fourth-order valence-corrected chi connectivity index (χ4v) is 1.34. The van der Waals surface area contributed by atoms with Gasteiger partial charge in [0.2, 0.25) is 0 Å². The summed E-state index contributed by atoms with van der Waals surface area (Å²) in [6.07, 6.45) is 6.13. The topological polar surface area (TPSA) is 35.8 Å². The van der Waals surface area contributed by atoms with Gasteiger partial charge in [-0.15, -0.1) is 0 Å². The van der Waals surface area contributed by atoms with Crippen molar-refractivity contribution in [2.24, 2.45) is 5.41 Å². The van der Waals surface area contributed by atoms with Crippen molar-refractivity contribution in [3.05, 3.63) is 0 Å². The third-order valence-electron chi connectivity index (χ3n) is 2.54. The maximum Gasteiger partial charge on any atom is 0.0683 e. The van der Waals surface area contributed by atoms with Crippen LogP contribution in [0.4, 0.5) is 0 Å². The standard InChI is InChI=1S/C11H20N2/c1-11(2,9-12)7-3-4-8-13-10-5-6-10/h10,13H,3-8H2,1-2H3. The van der Waals surface area contributed by atoms with Crippen molar-refractivity contribution >= 4 is 0 Å². The van der Waals surface area contributed by atoms with Gasteiger partial charge in [-0.3, -0.25) is 0 Å². The van der Waals surface area contributed by atoms with Crippen molar-refractivity contribution in [2.75, 3.05) is 6.54 Å². The van der Waals surface area contributed by atoms with E-state index in [1.807, 2.05) is 13.8 Å². The highest BCUT2D eigenvalue weighted by Gasteiger charge is 2.20. The Hall–Kier alpha value is -0.550. The van der Waals surface area contributed by atoms with E-state index in [1.54, 1.807) is 0 Å². The fourth-order valence-electron chi connectivity index (χ4n) is 1.34. The lowest BCUT2D eigenvalue weighted by Gasteiger charge is -2.14. The molecule has 0 aromatic carbocycles. The summed E-state index contributed by atoms with van der Waals surface area (Å²) in [4.78, 5) is 0. The van der Waals surface area contributed by atoms with Crippen LogP contribution in [-0.4, -0.2) is 12.6 Å². The number of rotatable bonds is 6. The second-order valence-electron chi connectivity index (χ2n) is 4.68. The maximum absolute atomic E-state index is 8.78. The van der Waals surface area contributed by atoms with E-state index in [2.05, 4.69) is 11.4 Å². The van der Waals surface area contributed by atoms with E-state index in [0.717, 1.165) is 19.0 Å². The smallest absolute Gasteiger partial charge is 0.0683 e. The maximum atomic E-state index is 8.78. The lowest BCUT2D eigenvalue weighted by atomic mass is 9.89. The van der Waals surface area contributed by atoms with E-state index in [-0.39, 0.29) is 5.41 Å². The second kappa shape index (κ2) is 4.62. The van der Waals surface area contributed by atoms with Gasteiger partial charge in [-0.05, 0) is 46.1 Å². The molecule has 1 saturated carbocycles. The largest absolute Gasteiger partial charge is 0.314 e. The van der Waals surface area contributed by atoms with Crippen LogP contribution in [0.3, 0.4) is 0 Å². The molecule has 0 saturated heterocycles. The van der Waals surface area contributed by atoms with E-state index >= 15 is 0 Å². The van der Waals surface area contributed by atoms with Gasteiger partial charge in [0.1, 0.15) is 0 Å². The van der Waals surface area contributed by atoms with Crippen LogP contribution in [-0.2, 0) is 0 Å². The van der Waals surface area contributed by atoms with Crippen LogP contribution >= 0.6 is 0 Å². The molecule has 2 nitrogen and oxygen atoms in total. The van der Waals surface area contributed by atoms with Crippen molar-refractivity contribution in [1.29, 1.82) is 5.26 Å². The minimum atomic E-state index is -0.125. The van der Waals surface area contributed by atoms with Crippen LogP contribution < -0.4 is 5.32 Å². The molecule has 0 spiro atoms. The monoisotopic (exact) mass is 180 g/mol. The zero-order valence-corrected chi connectivity index (χ0v) is 8.77. The quantitative estimate of drug-likeness (QED) is 0.637. The molecular formula is C11H20N2. The zero-order valence-electron chi connectivity index (χ0n) is 8.77. The van der Waals surface area contributed by atoms with Crippen LogP contribution in [0.1, 0.15) is 46.0 Å². The van der Waals surface area contributed by atoms with Gasteiger partial charge in [-0.2, -0.15) is 5.26 Å². The Labute approximate surface area is 81.3 Å². The fraction of sp³-hybridized carbons (Fsp3) is 0.909. The molecule has 0 amide bonds. The van der Waals surface area contributed by atoms with E-state index in [0.29, 0.717) is 0 Å². The Bertz CT molecular complexity index is 187. The summed E-state index contributed by atoms with van der Waals surface area (Å²) in [5.41, 5.74) is -0.125. The van der Waals surface area contributed by atoms with Crippen LogP contribution in [0, 0.1) is 16.7 Å². The van der Waals surface area contributed by atoms with Crippen LogP contribution in [0.25, 0.3) is 0 Å². The SMILES string of the molecule is CC(C)(C#N)CCCCNC1CC1. The first-order valence-electron chi connectivity index (χ1n) is 5.29. The van der Waals surface area contributed by atoms with Gasteiger partial charge in [-0.25, -0.2) is 0 Å². The molecule has 0 aromatic rings. The van der Waals surface area contributed by atoms with E-state index in [4.69, 9.17) is 5.26 Å². The number of hydrogen-bond acceptors (Lipinski definition) is 2. The molecule has 1 aliphatic carbocycles. The van der Waals surface area contributed by atoms with Gasteiger partial charge < -0.3 is 5.32 Å². The number of hydrogen-bond donors (Lipinski definition) is 1. The minimum absolute atomic E-state index is 0.125. The molecule has 0 heterocycles. The summed E-state index contributed by atoms with van der Waals surface area (Å²) in [5, 5.41) is 12.3. The summed E-state index contributed by atoms with van der Waals surface area (Å²) in [7, 11) is 0. The number of nitrogens with one attached hydrogen (secondary N) is 1. The molecule has 1 rings (SSSR count). The number of nitriles is 1. The van der Waals surface area contributed by atoms with Crippen molar-refractivity contribution in [1.82, 2.24) is 5.32 Å². The highest BCUT2D eigenvalue weighted by molar-refractivity contribution is 4.91. The first-order valence-corrected chi connectivity index (χ1v) is 5.29. The van der Waals surface area contributed by atoms with Gasteiger partial charge in [0.05, 0.1) is 11.5 Å². The molecule has 1 N–H and O–H groups in total. The Morgan fingerprint density at radius 2 is 2.08 bits per heavy atom. The van der Waals surface area contributed by atoms with Gasteiger partial charge >= 0.3 is 0 Å². The molecule has 0 radical (unpaired) electrons. The van der Waals surface area contributed by atoms with E-state index < -0.39 is 0 Å². The summed E-state index contributed by atoms with van der Waals surface area (Å²) >= 11 is 0. The summed E-state index contributed by atoms with van der Waals surface area (Å²) in [6, 6.07) is 3.16. The number of unbranched alkanes of at least 4 members (excludes halogenated alkanes) is 1. The van der Waals surface area contributed by atoms with Crippen LogP contribution in [0.5, 0.6) is 0 Å². The molecule has 2 heteroatoms. The molecule has 0 atom stereocenters. The lowest BCUT2D eigenvalue weighted by molar-refractivity contribution is 0.422. The van der Waals surface area contributed by atoms with Crippen molar-refractivity contribution in [2.45, 2.75) is 52.0 Å². The van der Waals surface area contributed by atoms with E-state index in [1.165, 1.54) is 25.7 Å². The summed E-state index contributed by atoms with van der Waals surface area (Å²) in [5.74, 6) is 0. The predicted octanol–water partition coefficient (Wildman–Crippen LogP) is 2.46. The summed E-state index contributed by atoms with van der Waals surface area (Å²) in [6.45, 7) is 5.16. The van der Waals surface area contributed by atoms with Crippen molar-refractivity contribution in [3.63, 3.8) is 0 Å². The molecule has 0 bridgehead atoms. The number of nitrogens with zero attached hydrogens (tertiary/aromatic N) is 1. The summed E-state index contributed by atoms with van der Waals surface area (Å²) < 4.78 is 0. The third kappa shape index (κ3) is 4.90. The van der Waals surface area contributed by atoms with Gasteiger partial charge in [0.25, 0.3) is 0 Å². The predicted molar refractivity (Wildman–Crippen MR) is 54.3 cm³/mol. The van der Waals surface area contributed by atoms with E-state index in [9.17, 15) is 0 Å². The third-order valence-corrected chi connectivity index (χ3v) is 2.54. The Morgan fingerprint density at radius 1 is 1.38 bits per heavy atom. The van der Waals surface area contributed by atoms with Gasteiger partial charge in [0.15, 0.2) is 0 Å². The van der Waals surface area contributed by atoms with Gasteiger partial charge in [-0.1, -0.05) is 6.42 Å². The molecular weight excluding hydrogens is 160 g/mol. The lowest BCUT2D eigenvalue weighted by Crippen LogP contribution is -2.18. The molecule has 74 valence electrons. The molecule has 1 fully saturated rings. The molecule has 0 aliphatic heterocycles. The van der Waals surface area contributed by atoms with Gasteiger partial charge in [0, 0.05) is 6.04 Å². The Morgan fingerprint density at radius 3 is 2.62 bits per heavy atom. The normalized spacial score (nSPS) is 17.0.